The summed E-state index contributed by atoms with van der Waals surface area (Å²) in [7, 11) is 0. The molecule has 162 valence electrons. The van der Waals surface area contributed by atoms with E-state index in [1.54, 1.807) is 24.3 Å². The van der Waals surface area contributed by atoms with Gasteiger partial charge in [-0.2, -0.15) is 4.98 Å². The summed E-state index contributed by atoms with van der Waals surface area (Å²) in [5.41, 5.74) is 1.32. The van der Waals surface area contributed by atoms with Gasteiger partial charge in [0.1, 0.15) is 0 Å². The first-order chi connectivity index (χ1) is 14.6. The van der Waals surface area contributed by atoms with E-state index in [9.17, 15) is 9.18 Å². The summed E-state index contributed by atoms with van der Waals surface area (Å²) in [4.78, 5) is 22.8. The van der Waals surface area contributed by atoms with E-state index in [0.29, 0.717) is 18.1 Å². The number of carbonyl (C=O) groups excluding carboxylic acids is 1. The highest BCUT2D eigenvalue weighted by atomic mass is 19.1. The Kier molecular flexibility index (Phi) is 7.96. The summed E-state index contributed by atoms with van der Waals surface area (Å²) in [6.07, 6.45) is 5.55. The number of likely N-dealkylation sites (N-methyl/N-ethyl adjacent to an activating group) is 1. The number of halogens is 1. The molecule has 8 heteroatoms. The van der Waals surface area contributed by atoms with Crippen molar-refractivity contribution in [3.63, 3.8) is 0 Å². The van der Waals surface area contributed by atoms with Crippen LogP contribution in [-0.4, -0.2) is 53.0 Å². The van der Waals surface area contributed by atoms with Crippen molar-refractivity contribution >= 4 is 23.4 Å². The van der Waals surface area contributed by atoms with Gasteiger partial charge in [-0.25, -0.2) is 9.37 Å². The van der Waals surface area contributed by atoms with Gasteiger partial charge in [0.05, 0.1) is 6.20 Å². The van der Waals surface area contributed by atoms with Crippen molar-refractivity contribution in [1.82, 2.24) is 20.2 Å². The van der Waals surface area contributed by atoms with Gasteiger partial charge in [0.15, 0.2) is 11.6 Å². The molecule has 30 heavy (non-hydrogen) atoms. The Bertz CT molecular complexity index is 819. The second-order valence-corrected chi connectivity index (χ2v) is 7.50. The van der Waals surface area contributed by atoms with Gasteiger partial charge in [-0.1, -0.05) is 26.7 Å². The van der Waals surface area contributed by atoms with Gasteiger partial charge in [0, 0.05) is 30.4 Å². The first kappa shape index (κ1) is 22.0. The molecule has 1 fully saturated rings. The third-order valence-electron chi connectivity index (χ3n) is 5.45. The number of anilines is 3. The SMILES string of the molecule is CCN(CC)CCNC(=O)c1ccc(Nc2ncc(F)c(NC3CCCC3)n2)cc1. The average molecular weight is 415 g/mol. The Hall–Kier alpha value is -2.74. The van der Waals surface area contributed by atoms with E-state index < -0.39 is 5.82 Å². The molecule has 1 aliphatic carbocycles. The minimum absolute atomic E-state index is 0.102. The van der Waals surface area contributed by atoms with Crippen LogP contribution in [0, 0.1) is 5.82 Å². The molecule has 0 saturated heterocycles. The van der Waals surface area contributed by atoms with Crippen LogP contribution >= 0.6 is 0 Å². The minimum atomic E-state index is -0.454. The Morgan fingerprint density at radius 2 is 1.87 bits per heavy atom. The van der Waals surface area contributed by atoms with E-state index in [1.165, 1.54) is 6.20 Å². The average Bonchev–Trinajstić information content (AvgIpc) is 3.27. The molecule has 1 amide bonds. The minimum Gasteiger partial charge on any atom is -0.365 e. The Balaban J connectivity index is 1.55. The zero-order chi connectivity index (χ0) is 21.3. The molecule has 7 nitrogen and oxygen atoms in total. The van der Waals surface area contributed by atoms with Gasteiger partial charge < -0.3 is 20.9 Å². The maximum atomic E-state index is 14.0. The van der Waals surface area contributed by atoms with Crippen LogP contribution in [0.2, 0.25) is 0 Å². The van der Waals surface area contributed by atoms with Crippen LogP contribution in [0.3, 0.4) is 0 Å². The highest BCUT2D eigenvalue weighted by Gasteiger charge is 2.17. The summed E-state index contributed by atoms with van der Waals surface area (Å²) in [5, 5.41) is 9.18. The van der Waals surface area contributed by atoms with Crippen LogP contribution in [0.1, 0.15) is 49.9 Å². The summed E-state index contributed by atoms with van der Waals surface area (Å²) in [5.74, 6) is -0.0177. The number of benzene rings is 1. The molecule has 3 N–H and O–H groups in total. The zero-order valence-electron chi connectivity index (χ0n) is 17.7. The molecule has 0 bridgehead atoms. The zero-order valence-corrected chi connectivity index (χ0v) is 17.7. The lowest BCUT2D eigenvalue weighted by molar-refractivity contribution is 0.0949. The lowest BCUT2D eigenvalue weighted by Crippen LogP contribution is -2.34. The van der Waals surface area contributed by atoms with E-state index >= 15 is 0 Å². The first-order valence-corrected chi connectivity index (χ1v) is 10.8. The van der Waals surface area contributed by atoms with Crippen molar-refractivity contribution in [2.75, 3.05) is 36.8 Å². The number of nitrogens with one attached hydrogen (secondary N) is 3. The van der Waals surface area contributed by atoms with Crippen molar-refractivity contribution in [3.8, 4) is 0 Å². The highest BCUT2D eigenvalue weighted by molar-refractivity contribution is 5.94. The van der Waals surface area contributed by atoms with E-state index in [2.05, 4.69) is 44.7 Å². The number of aromatic nitrogens is 2. The normalized spacial score (nSPS) is 14.1. The van der Waals surface area contributed by atoms with E-state index in [0.717, 1.165) is 51.0 Å². The van der Waals surface area contributed by atoms with Gasteiger partial charge in [-0.15, -0.1) is 0 Å². The summed E-state index contributed by atoms with van der Waals surface area (Å²) < 4.78 is 14.0. The molecule has 1 saturated carbocycles. The fraction of sp³-hybridized carbons (Fsp3) is 0.500. The summed E-state index contributed by atoms with van der Waals surface area (Å²) in [6.45, 7) is 7.59. The van der Waals surface area contributed by atoms with E-state index in [4.69, 9.17) is 0 Å². The molecular weight excluding hydrogens is 383 g/mol. The number of hydrogen-bond donors (Lipinski definition) is 3. The second kappa shape index (κ2) is 10.9. The molecule has 0 spiro atoms. The van der Waals surface area contributed by atoms with Crippen LogP contribution in [0.15, 0.2) is 30.5 Å². The Morgan fingerprint density at radius 3 is 2.53 bits per heavy atom. The van der Waals surface area contributed by atoms with Crippen LogP contribution in [0.25, 0.3) is 0 Å². The van der Waals surface area contributed by atoms with Crippen LogP contribution in [0.4, 0.5) is 21.8 Å². The Morgan fingerprint density at radius 1 is 1.17 bits per heavy atom. The number of amides is 1. The summed E-state index contributed by atoms with van der Waals surface area (Å²) >= 11 is 0. The number of carbonyl (C=O) groups is 1. The monoisotopic (exact) mass is 414 g/mol. The van der Waals surface area contributed by atoms with E-state index in [1.807, 2.05) is 0 Å². The highest BCUT2D eigenvalue weighted by Crippen LogP contribution is 2.23. The Labute approximate surface area is 177 Å². The van der Waals surface area contributed by atoms with Gasteiger partial charge >= 0.3 is 0 Å². The van der Waals surface area contributed by atoms with Gasteiger partial charge in [0.2, 0.25) is 5.95 Å². The lowest BCUT2D eigenvalue weighted by atomic mass is 10.2. The molecule has 0 atom stereocenters. The van der Waals surface area contributed by atoms with Crippen LogP contribution in [-0.2, 0) is 0 Å². The fourth-order valence-corrected chi connectivity index (χ4v) is 3.60. The molecule has 3 rings (SSSR count). The molecule has 1 aliphatic rings. The predicted octanol–water partition coefficient (Wildman–Crippen LogP) is 3.79. The van der Waals surface area contributed by atoms with Crippen molar-refractivity contribution in [2.24, 2.45) is 0 Å². The van der Waals surface area contributed by atoms with Crippen molar-refractivity contribution in [3.05, 3.63) is 41.8 Å². The lowest BCUT2D eigenvalue weighted by Gasteiger charge is -2.18. The third-order valence-corrected chi connectivity index (χ3v) is 5.45. The third kappa shape index (κ3) is 6.13. The first-order valence-electron chi connectivity index (χ1n) is 10.8. The molecule has 0 unspecified atom stereocenters. The molecule has 0 aliphatic heterocycles. The number of rotatable bonds is 10. The van der Waals surface area contributed by atoms with Gasteiger partial charge in [0.25, 0.3) is 5.91 Å². The van der Waals surface area contributed by atoms with Crippen molar-refractivity contribution in [1.29, 1.82) is 0 Å². The van der Waals surface area contributed by atoms with Crippen LogP contribution < -0.4 is 16.0 Å². The van der Waals surface area contributed by atoms with Crippen molar-refractivity contribution in [2.45, 2.75) is 45.6 Å². The predicted molar refractivity (Wildman–Crippen MR) is 118 cm³/mol. The molecule has 2 aromatic rings. The maximum absolute atomic E-state index is 14.0. The molecular formula is C22H31FN6O. The standard InChI is InChI=1S/C22H31FN6O/c1-3-29(4-2)14-13-24-21(30)16-9-11-18(12-10-16)27-22-25-15-19(23)20(28-22)26-17-7-5-6-8-17/h9-12,15,17H,3-8,13-14H2,1-2H3,(H,24,30)(H2,25,26,27,28). The van der Waals surface area contributed by atoms with Crippen molar-refractivity contribution < 1.29 is 9.18 Å². The molecule has 1 heterocycles. The quantitative estimate of drug-likeness (QED) is 0.549. The molecule has 1 aromatic heterocycles. The topological polar surface area (TPSA) is 82.2 Å². The van der Waals surface area contributed by atoms with Gasteiger partial charge in [-0.05, 0) is 50.2 Å². The smallest absolute Gasteiger partial charge is 0.251 e. The number of nitrogens with zero attached hydrogens (tertiary/aromatic N) is 3. The summed E-state index contributed by atoms with van der Waals surface area (Å²) in [6, 6.07) is 7.33. The van der Waals surface area contributed by atoms with E-state index in [-0.39, 0.29) is 17.8 Å². The largest absolute Gasteiger partial charge is 0.365 e. The van der Waals surface area contributed by atoms with Crippen LogP contribution in [0.5, 0.6) is 0 Å². The molecule has 0 radical (unpaired) electrons. The second-order valence-electron chi connectivity index (χ2n) is 7.50. The molecule has 1 aromatic carbocycles. The fourth-order valence-electron chi connectivity index (χ4n) is 3.60. The number of hydrogen-bond acceptors (Lipinski definition) is 6. The van der Waals surface area contributed by atoms with Gasteiger partial charge in [-0.3, -0.25) is 4.79 Å². The maximum Gasteiger partial charge on any atom is 0.251 e.